The van der Waals surface area contributed by atoms with E-state index in [9.17, 15) is 0 Å². The third kappa shape index (κ3) is 5.47. The van der Waals surface area contributed by atoms with Crippen LogP contribution in [-0.2, 0) is 0 Å². The Morgan fingerprint density at radius 2 is 1.29 bits per heavy atom. The Labute approximate surface area is 108 Å². The van der Waals surface area contributed by atoms with E-state index in [4.69, 9.17) is 0 Å². The highest BCUT2D eigenvalue weighted by Crippen LogP contribution is 2.34. The van der Waals surface area contributed by atoms with Crippen molar-refractivity contribution in [1.82, 2.24) is 0 Å². The van der Waals surface area contributed by atoms with Gasteiger partial charge in [0.25, 0.3) is 0 Å². The average Bonchev–Trinajstić information content (AvgIpc) is 2.25. The Morgan fingerprint density at radius 1 is 0.857 bits per heavy atom. The van der Waals surface area contributed by atoms with Gasteiger partial charge in [-0.1, -0.05) is 0 Å². The van der Waals surface area contributed by atoms with Crippen LogP contribution < -0.4 is 0 Å². The summed E-state index contributed by atoms with van der Waals surface area (Å²) in [6.45, 7) is 0. The summed E-state index contributed by atoms with van der Waals surface area (Å²) in [7, 11) is 0. The third-order valence-electron chi connectivity index (χ3n) is 2.40. The molecule has 1 rings (SSSR count). The molecule has 1 saturated heterocycles. The third-order valence-corrected chi connectivity index (χ3v) is 6.40. The quantitative estimate of drug-likeness (QED) is 0.706. The molecule has 14 heavy (non-hydrogen) atoms. The molecular weight excluding hydrogens is 248 g/mol. The molecule has 0 aromatic carbocycles. The van der Waals surface area contributed by atoms with Crippen molar-refractivity contribution in [3.63, 3.8) is 0 Å². The lowest BCUT2D eigenvalue weighted by Gasteiger charge is -2.27. The molecule has 0 aromatic rings. The van der Waals surface area contributed by atoms with Crippen molar-refractivity contribution in [2.45, 2.75) is 36.2 Å². The fourth-order valence-electron chi connectivity index (χ4n) is 1.55. The largest absolute Gasteiger partial charge is 0.179 e. The predicted octanol–water partition coefficient (Wildman–Crippen LogP) is 3.62. The first-order chi connectivity index (χ1) is 6.86. The van der Waals surface area contributed by atoms with Crippen molar-refractivity contribution < 1.29 is 0 Å². The van der Waals surface area contributed by atoms with Crippen molar-refractivity contribution in [3.05, 3.63) is 0 Å². The highest BCUT2D eigenvalue weighted by Gasteiger charge is 2.20. The molecule has 0 N–H and O–H groups in total. The minimum atomic E-state index is 0.902. The summed E-state index contributed by atoms with van der Waals surface area (Å²) in [6, 6.07) is 0. The molecule has 84 valence electrons. The molecule has 0 spiro atoms. The number of hydrogen-bond acceptors (Lipinski definition) is 4. The molecule has 0 aromatic heterocycles. The standard InChI is InChI=1S/C10H20S4/c11-5-1-3-9-7-14-10(8-13-9)4-2-6-12/h9-12H,1-8H2. The Bertz CT molecular complexity index is 116. The van der Waals surface area contributed by atoms with Crippen LogP contribution in [-0.4, -0.2) is 33.5 Å². The summed E-state index contributed by atoms with van der Waals surface area (Å²) in [6.07, 6.45) is 5.28. The minimum Gasteiger partial charge on any atom is -0.179 e. The number of rotatable bonds is 6. The fourth-order valence-corrected chi connectivity index (χ4v) is 5.13. The number of thiol groups is 2. The second kappa shape index (κ2) is 8.54. The summed E-state index contributed by atoms with van der Waals surface area (Å²) in [4.78, 5) is 0. The lowest BCUT2D eigenvalue weighted by Crippen LogP contribution is -2.21. The van der Waals surface area contributed by atoms with Crippen LogP contribution >= 0.6 is 48.8 Å². The van der Waals surface area contributed by atoms with Gasteiger partial charge >= 0.3 is 0 Å². The van der Waals surface area contributed by atoms with E-state index in [2.05, 4.69) is 48.8 Å². The molecule has 0 saturated carbocycles. The van der Waals surface area contributed by atoms with E-state index in [1.165, 1.54) is 37.2 Å². The van der Waals surface area contributed by atoms with Gasteiger partial charge in [-0.3, -0.25) is 0 Å². The second-order valence-electron chi connectivity index (χ2n) is 3.64. The van der Waals surface area contributed by atoms with E-state index in [0.717, 1.165) is 22.0 Å². The van der Waals surface area contributed by atoms with E-state index in [1.54, 1.807) is 0 Å². The monoisotopic (exact) mass is 268 g/mol. The first-order valence-corrected chi connectivity index (χ1v) is 8.68. The van der Waals surface area contributed by atoms with Gasteiger partial charge in [0, 0.05) is 22.0 Å². The Kier molecular flexibility index (Phi) is 8.21. The number of hydrogen-bond donors (Lipinski definition) is 2. The fraction of sp³-hybridized carbons (Fsp3) is 1.00. The van der Waals surface area contributed by atoms with E-state index in [-0.39, 0.29) is 0 Å². The number of thioether (sulfide) groups is 2. The van der Waals surface area contributed by atoms with Crippen LogP contribution in [0.4, 0.5) is 0 Å². The highest BCUT2D eigenvalue weighted by atomic mass is 32.2. The van der Waals surface area contributed by atoms with Crippen LogP contribution in [0.1, 0.15) is 25.7 Å². The first-order valence-electron chi connectivity index (χ1n) is 5.31. The van der Waals surface area contributed by atoms with Crippen LogP contribution in [0.2, 0.25) is 0 Å². The smallest absolute Gasteiger partial charge is 0.0138 e. The van der Waals surface area contributed by atoms with Gasteiger partial charge in [-0.25, -0.2) is 0 Å². The van der Waals surface area contributed by atoms with E-state index >= 15 is 0 Å². The topological polar surface area (TPSA) is 0 Å². The second-order valence-corrected chi connectivity index (χ2v) is 7.20. The van der Waals surface area contributed by atoms with Crippen LogP contribution in [0.5, 0.6) is 0 Å². The summed E-state index contributed by atoms with van der Waals surface area (Å²) < 4.78 is 0. The van der Waals surface area contributed by atoms with Crippen LogP contribution in [0.3, 0.4) is 0 Å². The molecular formula is C10H20S4. The van der Waals surface area contributed by atoms with Gasteiger partial charge in [0.1, 0.15) is 0 Å². The predicted molar refractivity (Wildman–Crippen MR) is 78.7 cm³/mol. The highest BCUT2D eigenvalue weighted by molar-refractivity contribution is 8.07. The summed E-state index contributed by atoms with van der Waals surface area (Å²) in [5, 5.41) is 1.80. The molecule has 4 heteroatoms. The maximum atomic E-state index is 4.26. The zero-order valence-corrected chi connectivity index (χ0v) is 11.9. The van der Waals surface area contributed by atoms with Gasteiger partial charge < -0.3 is 0 Å². The summed E-state index contributed by atoms with van der Waals surface area (Å²) >= 11 is 12.9. The molecule has 2 unspecified atom stereocenters. The van der Waals surface area contributed by atoms with Crippen molar-refractivity contribution in [3.8, 4) is 0 Å². The lowest BCUT2D eigenvalue weighted by molar-refractivity contribution is 0.765. The van der Waals surface area contributed by atoms with Gasteiger partial charge in [-0.2, -0.15) is 48.8 Å². The molecule has 0 bridgehead atoms. The first kappa shape index (κ1) is 13.5. The van der Waals surface area contributed by atoms with E-state index in [0.29, 0.717) is 0 Å². The van der Waals surface area contributed by atoms with Crippen molar-refractivity contribution in [2.75, 3.05) is 23.0 Å². The van der Waals surface area contributed by atoms with Crippen molar-refractivity contribution >= 4 is 48.8 Å². The Morgan fingerprint density at radius 3 is 1.57 bits per heavy atom. The Balaban J connectivity index is 2.05. The Hall–Kier alpha value is 1.40. The van der Waals surface area contributed by atoms with Crippen molar-refractivity contribution in [1.29, 1.82) is 0 Å². The molecule has 0 aliphatic carbocycles. The molecule has 0 radical (unpaired) electrons. The normalized spacial score (nSPS) is 27.9. The summed E-state index contributed by atoms with van der Waals surface area (Å²) in [5.41, 5.74) is 0. The van der Waals surface area contributed by atoms with Crippen LogP contribution in [0.25, 0.3) is 0 Å². The van der Waals surface area contributed by atoms with Gasteiger partial charge in [-0.15, -0.1) is 0 Å². The molecule has 1 aliphatic heterocycles. The summed E-state index contributed by atoms with van der Waals surface area (Å²) in [5.74, 6) is 4.81. The maximum absolute atomic E-state index is 4.26. The SMILES string of the molecule is SCCCC1CSC(CCCS)CS1. The van der Waals surface area contributed by atoms with Gasteiger partial charge in [0.2, 0.25) is 0 Å². The maximum Gasteiger partial charge on any atom is 0.0138 e. The molecule has 1 aliphatic rings. The molecule has 0 nitrogen and oxygen atoms in total. The average molecular weight is 269 g/mol. The minimum absolute atomic E-state index is 0.902. The zero-order valence-electron chi connectivity index (χ0n) is 8.52. The molecule has 2 atom stereocenters. The van der Waals surface area contributed by atoms with Crippen LogP contribution in [0.15, 0.2) is 0 Å². The van der Waals surface area contributed by atoms with Gasteiger partial charge in [0.05, 0.1) is 0 Å². The van der Waals surface area contributed by atoms with Gasteiger partial charge in [-0.05, 0) is 37.2 Å². The van der Waals surface area contributed by atoms with E-state index in [1.807, 2.05) is 0 Å². The molecule has 0 amide bonds. The van der Waals surface area contributed by atoms with Gasteiger partial charge in [0.15, 0.2) is 0 Å². The van der Waals surface area contributed by atoms with Crippen molar-refractivity contribution in [2.24, 2.45) is 0 Å². The van der Waals surface area contributed by atoms with E-state index < -0.39 is 0 Å². The molecule has 1 fully saturated rings. The molecule has 1 heterocycles. The zero-order chi connectivity index (χ0) is 10.2. The van der Waals surface area contributed by atoms with Crippen LogP contribution in [0, 0.1) is 0 Å². The lowest BCUT2D eigenvalue weighted by atomic mass is 10.2.